The van der Waals surface area contributed by atoms with Crippen LogP contribution < -0.4 is 4.52 Å². The summed E-state index contributed by atoms with van der Waals surface area (Å²) in [5.41, 5.74) is 0. The molecule has 0 spiro atoms. The van der Waals surface area contributed by atoms with Gasteiger partial charge >= 0.3 is 0 Å². The molecule has 1 N–H and O–H groups in total. The zero-order valence-electron chi connectivity index (χ0n) is 5.56. The Morgan fingerprint density at radius 2 is 2.50 bits per heavy atom. The van der Waals surface area contributed by atoms with Crippen LogP contribution in [0.15, 0.2) is 24.5 Å². The maximum absolute atomic E-state index is 8.82. The third-order valence-electron chi connectivity index (χ3n) is 0.872. The third kappa shape index (κ3) is 2.29. The van der Waals surface area contributed by atoms with Crippen molar-refractivity contribution in [1.29, 1.82) is 0 Å². The molecule has 1 aromatic heterocycles. The molecule has 0 saturated heterocycles. The number of aromatic nitrogens is 1. The molecule has 0 aliphatic carbocycles. The summed E-state index contributed by atoms with van der Waals surface area (Å²) in [5.74, 6) is 0.610. The second-order valence-corrected chi connectivity index (χ2v) is 2.86. The number of rotatable bonds is 2. The summed E-state index contributed by atoms with van der Waals surface area (Å²) in [6.07, 6.45) is 3.22. The van der Waals surface area contributed by atoms with Crippen molar-refractivity contribution in [2.24, 2.45) is 0 Å². The molecule has 1 aromatic rings. The fourth-order valence-electron chi connectivity index (χ4n) is 0.554. The molecule has 1 heterocycles. The number of nitrogens with zero attached hydrogens (tertiary/aromatic N) is 1. The fraction of sp³-hybridized carbons (Fsp3) is 0.167. The molecule has 0 radical (unpaired) electrons. The molecule has 0 amide bonds. The topological polar surface area (TPSA) is 42.4 Å². The smallest absolute Gasteiger partial charge is 0.224 e. The Hall–Kier alpha value is -0.660. The molecule has 10 heavy (non-hydrogen) atoms. The van der Waals surface area contributed by atoms with Crippen molar-refractivity contribution in [2.75, 3.05) is 6.66 Å². The fourth-order valence-corrected chi connectivity index (χ4v) is 0.967. The summed E-state index contributed by atoms with van der Waals surface area (Å²) in [5, 5.41) is 0. The lowest BCUT2D eigenvalue weighted by Gasteiger charge is -2.04. The molecular weight excluding hydrogens is 149 g/mol. The minimum Gasteiger partial charge on any atom is -0.446 e. The predicted octanol–water partition coefficient (Wildman–Crippen LogP) is 1.39. The van der Waals surface area contributed by atoms with Crippen LogP contribution >= 0.6 is 8.38 Å². The zero-order valence-corrected chi connectivity index (χ0v) is 6.45. The zero-order chi connectivity index (χ0) is 7.40. The van der Waals surface area contributed by atoms with E-state index >= 15 is 0 Å². The van der Waals surface area contributed by atoms with Crippen molar-refractivity contribution in [3.8, 4) is 5.75 Å². The van der Waals surface area contributed by atoms with Crippen molar-refractivity contribution in [1.82, 2.24) is 4.98 Å². The molecule has 1 unspecified atom stereocenters. The summed E-state index contributed by atoms with van der Waals surface area (Å²) in [6.45, 7) is 1.61. The van der Waals surface area contributed by atoms with Gasteiger partial charge in [0.1, 0.15) is 5.75 Å². The monoisotopic (exact) mass is 157 g/mol. The van der Waals surface area contributed by atoms with Crippen LogP contribution in [0, 0.1) is 0 Å². The van der Waals surface area contributed by atoms with E-state index in [1.54, 1.807) is 31.2 Å². The van der Waals surface area contributed by atoms with Crippen molar-refractivity contribution < 1.29 is 9.42 Å². The molecule has 1 rings (SSSR count). The van der Waals surface area contributed by atoms with Gasteiger partial charge in [-0.15, -0.1) is 0 Å². The van der Waals surface area contributed by atoms with Gasteiger partial charge in [-0.2, -0.15) is 0 Å². The van der Waals surface area contributed by atoms with E-state index in [9.17, 15) is 0 Å². The molecule has 0 bridgehead atoms. The molecule has 4 heteroatoms. The van der Waals surface area contributed by atoms with E-state index in [1.807, 2.05) is 0 Å². The van der Waals surface area contributed by atoms with Gasteiger partial charge in [0.05, 0.1) is 6.20 Å². The summed E-state index contributed by atoms with van der Waals surface area (Å²) in [6, 6.07) is 3.51. The second-order valence-electron chi connectivity index (χ2n) is 1.74. The number of hydrogen-bond acceptors (Lipinski definition) is 3. The third-order valence-corrected chi connectivity index (χ3v) is 1.35. The average Bonchev–Trinajstić information content (AvgIpc) is 1.88. The second kappa shape index (κ2) is 3.49. The number of hydrogen-bond donors (Lipinski definition) is 1. The van der Waals surface area contributed by atoms with Gasteiger partial charge in [-0.3, -0.25) is 4.98 Å². The first-order valence-electron chi connectivity index (χ1n) is 2.79. The Morgan fingerprint density at radius 1 is 1.70 bits per heavy atom. The van der Waals surface area contributed by atoms with Gasteiger partial charge in [0.15, 0.2) is 0 Å². The van der Waals surface area contributed by atoms with E-state index in [2.05, 4.69) is 4.98 Å². The highest BCUT2D eigenvalue weighted by Gasteiger charge is 1.96. The Kier molecular flexibility index (Phi) is 2.60. The Bertz CT molecular complexity index is 190. The highest BCUT2D eigenvalue weighted by molar-refractivity contribution is 7.45. The summed E-state index contributed by atoms with van der Waals surface area (Å²) in [7, 11) is -1.32. The predicted molar refractivity (Wildman–Crippen MR) is 39.9 cm³/mol. The van der Waals surface area contributed by atoms with E-state index in [4.69, 9.17) is 9.42 Å². The lowest BCUT2D eigenvalue weighted by Crippen LogP contribution is -1.83. The first-order chi connectivity index (χ1) is 4.79. The normalized spacial score (nSPS) is 12.6. The molecule has 1 atom stereocenters. The van der Waals surface area contributed by atoms with E-state index in [0.29, 0.717) is 5.75 Å². The standard InChI is InChI=1S/C6H8NO2P/c1-10(8)9-6-3-2-4-7-5-6/h2-5,8H,1H3. The van der Waals surface area contributed by atoms with E-state index in [0.717, 1.165) is 0 Å². The minimum absolute atomic E-state index is 0.610. The quantitative estimate of drug-likeness (QED) is 0.659. The highest BCUT2D eigenvalue weighted by Crippen LogP contribution is 2.27. The van der Waals surface area contributed by atoms with Crippen LogP contribution in [0.3, 0.4) is 0 Å². The summed E-state index contributed by atoms with van der Waals surface area (Å²) < 4.78 is 4.97. The first kappa shape index (κ1) is 7.45. The molecule has 0 aromatic carbocycles. The molecule has 0 aliphatic heterocycles. The van der Waals surface area contributed by atoms with Crippen molar-refractivity contribution in [3.05, 3.63) is 24.5 Å². The first-order valence-corrected chi connectivity index (χ1v) is 4.45. The molecule has 0 saturated carbocycles. The average molecular weight is 157 g/mol. The molecule has 54 valence electrons. The van der Waals surface area contributed by atoms with Gasteiger partial charge < -0.3 is 9.42 Å². The van der Waals surface area contributed by atoms with Crippen LogP contribution in [0.4, 0.5) is 0 Å². The van der Waals surface area contributed by atoms with E-state index in [-0.39, 0.29) is 0 Å². The Morgan fingerprint density at radius 3 is 3.00 bits per heavy atom. The van der Waals surface area contributed by atoms with Crippen LogP contribution in [-0.4, -0.2) is 16.5 Å². The van der Waals surface area contributed by atoms with Crippen LogP contribution in [0.25, 0.3) is 0 Å². The van der Waals surface area contributed by atoms with Gasteiger partial charge in [0, 0.05) is 12.9 Å². The molecule has 3 nitrogen and oxygen atoms in total. The van der Waals surface area contributed by atoms with Gasteiger partial charge in [-0.05, 0) is 12.1 Å². The molecule has 0 aliphatic rings. The lowest BCUT2D eigenvalue weighted by molar-refractivity contribution is 0.493. The van der Waals surface area contributed by atoms with Gasteiger partial charge in [-0.1, -0.05) is 0 Å². The number of pyridine rings is 1. The Labute approximate surface area is 60.6 Å². The van der Waals surface area contributed by atoms with Gasteiger partial charge in [0.25, 0.3) is 0 Å². The maximum Gasteiger partial charge on any atom is 0.224 e. The van der Waals surface area contributed by atoms with Crippen LogP contribution in [0.5, 0.6) is 5.75 Å². The largest absolute Gasteiger partial charge is 0.446 e. The van der Waals surface area contributed by atoms with E-state index < -0.39 is 8.38 Å². The molecular formula is C6H8NO2P. The maximum atomic E-state index is 8.82. The van der Waals surface area contributed by atoms with Crippen LogP contribution in [-0.2, 0) is 0 Å². The van der Waals surface area contributed by atoms with Crippen LogP contribution in [0.1, 0.15) is 0 Å². The SMILES string of the molecule is CP(O)Oc1cccnc1. The summed E-state index contributed by atoms with van der Waals surface area (Å²) >= 11 is 0. The van der Waals surface area contributed by atoms with Crippen molar-refractivity contribution >= 4 is 8.38 Å². The Balaban J connectivity index is 2.59. The van der Waals surface area contributed by atoms with Gasteiger partial charge in [0.2, 0.25) is 8.38 Å². The minimum atomic E-state index is -1.32. The van der Waals surface area contributed by atoms with Crippen molar-refractivity contribution in [3.63, 3.8) is 0 Å². The summed E-state index contributed by atoms with van der Waals surface area (Å²) in [4.78, 5) is 12.6. The van der Waals surface area contributed by atoms with Crippen LogP contribution in [0.2, 0.25) is 0 Å². The molecule has 0 fully saturated rings. The van der Waals surface area contributed by atoms with Gasteiger partial charge in [-0.25, -0.2) is 0 Å². The van der Waals surface area contributed by atoms with Crippen molar-refractivity contribution in [2.45, 2.75) is 0 Å². The van der Waals surface area contributed by atoms with E-state index in [1.165, 1.54) is 0 Å². The lowest BCUT2D eigenvalue weighted by atomic mass is 10.5. The highest BCUT2D eigenvalue weighted by atomic mass is 31.2.